The number of amides is 1. The third-order valence-electron chi connectivity index (χ3n) is 1.74. The third-order valence-corrected chi connectivity index (χ3v) is 1.74. The van der Waals surface area contributed by atoms with Gasteiger partial charge in [0.1, 0.15) is 0 Å². The van der Waals surface area contributed by atoms with Gasteiger partial charge in [0.25, 0.3) is 0 Å². The highest BCUT2D eigenvalue weighted by Gasteiger charge is 2.02. The zero-order valence-electron chi connectivity index (χ0n) is 8.39. The molecule has 0 fully saturated rings. The average molecular weight is 169 g/mol. The number of hydrogen-bond donors (Lipinski definition) is 0. The second kappa shape index (κ2) is 5.81. The number of nitrogens with zero attached hydrogens (tertiary/aromatic N) is 1. The molecule has 2 heteroatoms. The molecule has 0 bridgehead atoms. The Balaban J connectivity index is 3.32. The van der Waals surface area contributed by atoms with E-state index >= 15 is 0 Å². The molecule has 0 rings (SSSR count). The van der Waals surface area contributed by atoms with Crippen molar-refractivity contribution in [3.05, 3.63) is 12.2 Å². The number of carbonyl (C=O) groups excluding carboxylic acids is 1. The maximum Gasteiger partial charge on any atom is 0.222 e. The van der Waals surface area contributed by atoms with E-state index in [1.807, 2.05) is 6.92 Å². The Hall–Kier alpha value is -0.790. The smallest absolute Gasteiger partial charge is 0.222 e. The standard InChI is InChI=1S/C10H19NO/c1-9(2)7-5-6-8-10(12)11(3)4/h1,5-8H2,2-4H3. The zero-order chi connectivity index (χ0) is 9.56. The van der Waals surface area contributed by atoms with Crippen molar-refractivity contribution in [2.24, 2.45) is 0 Å². The van der Waals surface area contributed by atoms with Gasteiger partial charge < -0.3 is 4.90 Å². The van der Waals surface area contributed by atoms with E-state index in [0.29, 0.717) is 6.42 Å². The van der Waals surface area contributed by atoms with E-state index in [9.17, 15) is 4.79 Å². The van der Waals surface area contributed by atoms with Gasteiger partial charge in [-0.05, 0) is 26.2 Å². The molecule has 0 aliphatic heterocycles. The van der Waals surface area contributed by atoms with Crippen molar-refractivity contribution < 1.29 is 4.79 Å². The molecule has 0 N–H and O–H groups in total. The van der Waals surface area contributed by atoms with Crippen molar-refractivity contribution in [3.8, 4) is 0 Å². The topological polar surface area (TPSA) is 20.3 Å². The molecule has 0 aliphatic rings. The predicted molar refractivity (Wildman–Crippen MR) is 52.0 cm³/mol. The lowest BCUT2D eigenvalue weighted by Crippen LogP contribution is -2.20. The summed E-state index contributed by atoms with van der Waals surface area (Å²) < 4.78 is 0. The zero-order valence-corrected chi connectivity index (χ0v) is 8.39. The van der Waals surface area contributed by atoms with Crippen molar-refractivity contribution in [2.45, 2.75) is 32.6 Å². The van der Waals surface area contributed by atoms with Crippen molar-refractivity contribution in [2.75, 3.05) is 14.1 Å². The first-order chi connectivity index (χ1) is 5.54. The Kier molecular flexibility index (Phi) is 5.43. The highest BCUT2D eigenvalue weighted by atomic mass is 16.2. The lowest BCUT2D eigenvalue weighted by molar-refractivity contribution is -0.128. The molecule has 0 unspecified atom stereocenters. The molecule has 0 spiro atoms. The second-order valence-electron chi connectivity index (χ2n) is 3.45. The molecule has 0 saturated heterocycles. The van der Waals surface area contributed by atoms with Crippen LogP contribution >= 0.6 is 0 Å². The first-order valence-electron chi connectivity index (χ1n) is 4.38. The minimum absolute atomic E-state index is 0.219. The van der Waals surface area contributed by atoms with Gasteiger partial charge >= 0.3 is 0 Å². The monoisotopic (exact) mass is 169 g/mol. The van der Waals surface area contributed by atoms with Crippen LogP contribution in [0.1, 0.15) is 32.6 Å². The Morgan fingerprint density at radius 1 is 1.25 bits per heavy atom. The second-order valence-corrected chi connectivity index (χ2v) is 3.45. The van der Waals surface area contributed by atoms with Crippen LogP contribution in [0.25, 0.3) is 0 Å². The van der Waals surface area contributed by atoms with Gasteiger partial charge in [0.2, 0.25) is 5.91 Å². The van der Waals surface area contributed by atoms with Crippen LogP contribution in [0.5, 0.6) is 0 Å². The molecule has 12 heavy (non-hydrogen) atoms. The van der Waals surface area contributed by atoms with Gasteiger partial charge in [-0.25, -0.2) is 0 Å². The Bertz CT molecular complexity index is 161. The number of rotatable bonds is 5. The van der Waals surface area contributed by atoms with Crippen LogP contribution < -0.4 is 0 Å². The summed E-state index contributed by atoms with van der Waals surface area (Å²) in [5.41, 5.74) is 1.20. The largest absolute Gasteiger partial charge is 0.349 e. The van der Waals surface area contributed by atoms with Crippen LogP contribution in [0.15, 0.2) is 12.2 Å². The van der Waals surface area contributed by atoms with Crippen LogP contribution in [-0.2, 0) is 4.79 Å². The van der Waals surface area contributed by atoms with Crippen molar-refractivity contribution in [3.63, 3.8) is 0 Å². The summed E-state index contributed by atoms with van der Waals surface area (Å²) in [6, 6.07) is 0. The van der Waals surface area contributed by atoms with Crippen LogP contribution in [0.2, 0.25) is 0 Å². The fraction of sp³-hybridized carbons (Fsp3) is 0.700. The van der Waals surface area contributed by atoms with Crippen LogP contribution in [0.3, 0.4) is 0 Å². The van der Waals surface area contributed by atoms with E-state index in [-0.39, 0.29) is 5.91 Å². The van der Waals surface area contributed by atoms with Crippen LogP contribution in [0.4, 0.5) is 0 Å². The average Bonchev–Trinajstić information content (AvgIpc) is 1.97. The number of unbranched alkanes of at least 4 members (excludes halogenated alkanes) is 1. The summed E-state index contributed by atoms with van der Waals surface area (Å²) in [5, 5.41) is 0. The minimum Gasteiger partial charge on any atom is -0.349 e. The number of hydrogen-bond acceptors (Lipinski definition) is 1. The summed E-state index contributed by atoms with van der Waals surface area (Å²) in [4.78, 5) is 12.7. The van der Waals surface area contributed by atoms with Gasteiger partial charge in [-0.1, -0.05) is 5.57 Å². The summed E-state index contributed by atoms with van der Waals surface area (Å²) in [6.45, 7) is 5.83. The van der Waals surface area contributed by atoms with E-state index in [0.717, 1.165) is 19.3 Å². The van der Waals surface area contributed by atoms with Crippen molar-refractivity contribution >= 4 is 5.91 Å². The highest BCUT2D eigenvalue weighted by Crippen LogP contribution is 2.06. The van der Waals surface area contributed by atoms with Gasteiger partial charge in [-0.3, -0.25) is 4.79 Å². The maximum atomic E-state index is 11.1. The first-order valence-corrected chi connectivity index (χ1v) is 4.38. The van der Waals surface area contributed by atoms with E-state index in [4.69, 9.17) is 0 Å². The number of carbonyl (C=O) groups is 1. The Morgan fingerprint density at radius 2 is 1.75 bits per heavy atom. The van der Waals surface area contributed by atoms with Gasteiger partial charge in [0.05, 0.1) is 0 Å². The number of allylic oxidation sites excluding steroid dienone is 1. The van der Waals surface area contributed by atoms with Gasteiger partial charge in [0, 0.05) is 20.5 Å². The van der Waals surface area contributed by atoms with E-state index in [1.165, 1.54) is 5.57 Å². The van der Waals surface area contributed by atoms with E-state index in [1.54, 1.807) is 19.0 Å². The first kappa shape index (κ1) is 11.2. The van der Waals surface area contributed by atoms with Gasteiger partial charge in [-0.15, -0.1) is 6.58 Å². The summed E-state index contributed by atoms with van der Waals surface area (Å²) >= 11 is 0. The fourth-order valence-corrected chi connectivity index (χ4v) is 0.927. The molecule has 0 aromatic rings. The maximum absolute atomic E-state index is 11.1. The third kappa shape index (κ3) is 5.96. The molecular formula is C10H19NO. The molecule has 0 atom stereocenters. The molecule has 0 radical (unpaired) electrons. The molecule has 1 amide bonds. The highest BCUT2D eigenvalue weighted by molar-refractivity contribution is 5.75. The normalized spacial score (nSPS) is 9.58. The molecule has 0 aliphatic carbocycles. The lowest BCUT2D eigenvalue weighted by atomic mass is 10.1. The predicted octanol–water partition coefficient (Wildman–Crippen LogP) is 2.21. The van der Waals surface area contributed by atoms with Crippen LogP contribution in [-0.4, -0.2) is 24.9 Å². The van der Waals surface area contributed by atoms with Crippen molar-refractivity contribution in [1.82, 2.24) is 4.90 Å². The summed E-state index contributed by atoms with van der Waals surface area (Å²) in [7, 11) is 3.59. The van der Waals surface area contributed by atoms with E-state index < -0.39 is 0 Å². The Labute approximate surface area is 75.3 Å². The van der Waals surface area contributed by atoms with Crippen LogP contribution in [0, 0.1) is 0 Å². The molecule has 2 nitrogen and oxygen atoms in total. The summed E-state index contributed by atoms with van der Waals surface area (Å²) in [6.07, 6.45) is 3.76. The molecule has 0 heterocycles. The van der Waals surface area contributed by atoms with Crippen molar-refractivity contribution in [1.29, 1.82) is 0 Å². The quantitative estimate of drug-likeness (QED) is 0.456. The van der Waals surface area contributed by atoms with Gasteiger partial charge in [0.15, 0.2) is 0 Å². The molecule has 70 valence electrons. The molecule has 0 aromatic heterocycles. The molecular weight excluding hydrogens is 150 g/mol. The molecule has 0 aromatic carbocycles. The van der Waals surface area contributed by atoms with E-state index in [2.05, 4.69) is 6.58 Å². The summed E-state index contributed by atoms with van der Waals surface area (Å²) in [5.74, 6) is 0.219. The Morgan fingerprint density at radius 3 is 2.17 bits per heavy atom. The minimum atomic E-state index is 0.219. The SMILES string of the molecule is C=C(C)CCCCC(=O)N(C)C. The lowest BCUT2D eigenvalue weighted by Gasteiger charge is -2.09. The van der Waals surface area contributed by atoms with Gasteiger partial charge in [-0.2, -0.15) is 0 Å². The molecule has 0 saturated carbocycles. The fourth-order valence-electron chi connectivity index (χ4n) is 0.927.